The summed E-state index contributed by atoms with van der Waals surface area (Å²) in [6.45, 7) is 0. The van der Waals surface area contributed by atoms with Crippen LogP contribution < -0.4 is 4.90 Å². The van der Waals surface area contributed by atoms with E-state index in [1.807, 2.05) is 0 Å². The van der Waals surface area contributed by atoms with E-state index in [1.54, 1.807) is 0 Å². The number of furan rings is 1. The second kappa shape index (κ2) is 12.2. The SMILES string of the molecule is c1ccc(-c2cccc(N(c3ccc(-c4cc5ccc6ccccc6c5c5ccccc45)cc3)c3cccc4c3oc3cc5ccccc5cc34)c2)cc1. The molecule has 2 heteroatoms. The number of hydrogen-bond acceptors (Lipinski definition) is 2. The first-order valence-electron chi connectivity index (χ1n) is 18.5. The second-order valence-electron chi connectivity index (χ2n) is 14.1. The Labute approximate surface area is 312 Å². The van der Waals surface area contributed by atoms with Crippen LogP contribution in [0.15, 0.2) is 205 Å². The quantitative estimate of drug-likeness (QED) is 0.168. The minimum absolute atomic E-state index is 0.866. The van der Waals surface area contributed by atoms with E-state index >= 15 is 0 Å². The fourth-order valence-corrected chi connectivity index (χ4v) is 8.43. The van der Waals surface area contributed by atoms with Gasteiger partial charge in [-0.3, -0.25) is 0 Å². The van der Waals surface area contributed by atoms with E-state index in [0.717, 1.165) is 44.6 Å². The lowest BCUT2D eigenvalue weighted by atomic mass is 9.90. The summed E-state index contributed by atoms with van der Waals surface area (Å²) >= 11 is 0. The van der Waals surface area contributed by atoms with Crippen LogP contribution in [0.4, 0.5) is 17.1 Å². The van der Waals surface area contributed by atoms with Crippen molar-refractivity contribution in [3.05, 3.63) is 200 Å². The maximum atomic E-state index is 6.80. The van der Waals surface area contributed by atoms with Gasteiger partial charge in [0.05, 0.1) is 5.69 Å². The molecule has 54 heavy (non-hydrogen) atoms. The fourth-order valence-electron chi connectivity index (χ4n) is 8.43. The average Bonchev–Trinajstić information content (AvgIpc) is 3.61. The molecule has 0 atom stereocenters. The van der Waals surface area contributed by atoms with Crippen molar-refractivity contribution in [3.63, 3.8) is 0 Å². The van der Waals surface area contributed by atoms with Gasteiger partial charge in [0.15, 0.2) is 5.58 Å². The summed E-state index contributed by atoms with van der Waals surface area (Å²) in [5.41, 5.74) is 9.61. The smallest absolute Gasteiger partial charge is 0.159 e. The van der Waals surface area contributed by atoms with Crippen LogP contribution in [0.3, 0.4) is 0 Å². The van der Waals surface area contributed by atoms with E-state index in [0.29, 0.717) is 0 Å². The van der Waals surface area contributed by atoms with Crippen LogP contribution >= 0.6 is 0 Å². The van der Waals surface area contributed by atoms with Gasteiger partial charge in [0.25, 0.3) is 0 Å². The molecule has 0 fully saturated rings. The maximum Gasteiger partial charge on any atom is 0.159 e. The van der Waals surface area contributed by atoms with Crippen molar-refractivity contribution in [3.8, 4) is 22.3 Å². The molecule has 0 aliphatic heterocycles. The zero-order valence-electron chi connectivity index (χ0n) is 29.4. The monoisotopic (exact) mass is 687 g/mol. The predicted octanol–water partition coefficient (Wildman–Crippen LogP) is 15.0. The van der Waals surface area contributed by atoms with Crippen LogP contribution in [0.5, 0.6) is 0 Å². The molecule has 0 aliphatic carbocycles. The Morgan fingerprint density at radius 3 is 1.81 bits per heavy atom. The lowest BCUT2D eigenvalue weighted by Gasteiger charge is -2.26. The van der Waals surface area contributed by atoms with E-state index < -0.39 is 0 Å². The summed E-state index contributed by atoms with van der Waals surface area (Å²) in [5.74, 6) is 0. The molecule has 2 nitrogen and oxygen atoms in total. The topological polar surface area (TPSA) is 16.4 Å². The van der Waals surface area contributed by atoms with Crippen LogP contribution in [-0.2, 0) is 0 Å². The van der Waals surface area contributed by atoms with Crippen molar-refractivity contribution in [1.29, 1.82) is 0 Å². The first-order chi connectivity index (χ1) is 26.8. The highest BCUT2D eigenvalue weighted by molar-refractivity contribution is 6.23. The molecule has 10 aromatic carbocycles. The number of para-hydroxylation sites is 1. The number of benzene rings is 10. The van der Waals surface area contributed by atoms with Gasteiger partial charge in [-0.25, -0.2) is 0 Å². The van der Waals surface area contributed by atoms with Crippen LogP contribution in [0, 0.1) is 0 Å². The number of anilines is 3. The normalized spacial score (nSPS) is 11.7. The van der Waals surface area contributed by atoms with Gasteiger partial charge in [0.2, 0.25) is 0 Å². The van der Waals surface area contributed by atoms with Crippen molar-refractivity contribution in [1.82, 2.24) is 0 Å². The summed E-state index contributed by atoms with van der Waals surface area (Å²) in [7, 11) is 0. The first-order valence-corrected chi connectivity index (χ1v) is 18.5. The van der Waals surface area contributed by atoms with E-state index in [4.69, 9.17) is 4.42 Å². The van der Waals surface area contributed by atoms with Crippen LogP contribution in [-0.4, -0.2) is 0 Å². The van der Waals surface area contributed by atoms with Crippen LogP contribution in [0.1, 0.15) is 0 Å². The van der Waals surface area contributed by atoms with Crippen molar-refractivity contribution < 1.29 is 4.42 Å². The minimum Gasteiger partial charge on any atom is -0.454 e. The number of hydrogen-bond donors (Lipinski definition) is 0. The molecule has 252 valence electrons. The van der Waals surface area contributed by atoms with Crippen LogP contribution in [0.25, 0.3) is 87.3 Å². The molecule has 0 saturated carbocycles. The van der Waals surface area contributed by atoms with Crippen molar-refractivity contribution >= 4 is 82.1 Å². The molecule has 0 unspecified atom stereocenters. The lowest BCUT2D eigenvalue weighted by Crippen LogP contribution is -2.10. The average molecular weight is 688 g/mol. The third kappa shape index (κ3) is 4.88. The Hall–Kier alpha value is -7.16. The number of rotatable bonds is 5. The highest BCUT2D eigenvalue weighted by Crippen LogP contribution is 2.45. The van der Waals surface area contributed by atoms with Gasteiger partial charge in [-0.05, 0) is 114 Å². The molecule has 1 heterocycles. The zero-order valence-corrected chi connectivity index (χ0v) is 29.4. The first kappa shape index (κ1) is 30.5. The molecular formula is C52H33NO. The molecule has 11 aromatic rings. The molecule has 0 saturated heterocycles. The van der Waals surface area contributed by atoms with Crippen molar-refractivity contribution in [2.75, 3.05) is 4.90 Å². The summed E-state index contributed by atoms with van der Waals surface area (Å²) < 4.78 is 6.80. The van der Waals surface area contributed by atoms with E-state index in [1.165, 1.54) is 59.8 Å². The molecule has 0 bridgehead atoms. The standard InChI is InChI=1S/C52H33NO/c1-2-12-34(13-3-1)37-17-10-18-42(30-37)53(49-23-11-22-46-48-31-38-15-4-5-16-39(38)33-50(48)54-52(46)49)41-28-26-36(27-29-41)47-32-40-25-24-35-14-6-7-19-43(35)51(40)45-21-9-8-20-44(45)47/h1-33H. The van der Waals surface area contributed by atoms with Gasteiger partial charge in [-0.15, -0.1) is 0 Å². The minimum atomic E-state index is 0.866. The summed E-state index contributed by atoms with van der Waals surface area (Å²) in [5, 5.41) is 12.2. The molecule has 0 spiro atoms. The van der Waals surface area contributed by atoms with Gasteiger partial charge in [-0.1, -0.05) is 152 Å². The Morgan fingerprint density at radius 2 is 0.981 bits per heavy atom. The van der Waals surface area contributed by atoms with Gasteiger partial charge in [-0.2, -0.15) is 0 Å². The third-order valence-electron chi connectivity index (χ3n) is 11.0. The Kier molecular flexibility index (Phi) is 6.90. The highest BCUT2D eigenvalue weighted by atomic mass is 16.3. The van der Waals surface area contributed by atoms with E-state index in [-0.39, 0.29) is 0 Å². The lowest BCUT2D eigenvalue weighted by molar-refractivity contribution is 0.669. The molecule has 0 aliphatic rings. The fraction of sp³-hybridized carbons (Fsp3) is 0. The summed E-state index contributed by atoms with van der Waals surface area (Å²) in [6, 6.07) is 72.2. The Morgan fingerprint density at radius 1 is 0.333 bits per heavy atom. The Bertz CT molecular complexity index is 3210. The van der Waals surface area contributed by atoms with Crippen molar-refractivity contribution in [2.45, 2.75) is 0 Å². The van der Waals surface area contributed by atoms with Crippen LogP contribution in [0.2, 0.25) is 0 Å². The van der Waals surface area contributed by atoms with E-state index in [9.17, 15) is 0 Å². The molecule has 11 rings (SSSR count). The van der Waals surface area contributed by atoms with Crippen molar-refractivity contribution in [2.24, 2.45) is 0 Å². The van der Waals surface area contributed by atoms with Gasteiger partial charge in [0, 0.05) is 22.1 Å². The Balaban J connectivity index is 1.10. The summed E-state index contributed by atoms with van der Waals surface area (Å²) in [4.78, 5) is 2.34. The molecule has 0 amide bonds. The third-order valence-corrected chi connectivity index (χ3v) is 11.0. The van der Waals surface area contributed by atoms with Gasteiger partial charge in [0.1, 0.15) is 5.58 Å². The zero-order chi connectivity index (χ0) is 35.6. The van der Waals surface area contributed by atoms with E-state index in [2.05, 4.69) is 205 Å². The maximum absolute atomic E-state index is 6.80. The number of nitrogens with zero attached hydrogens (tertiary/aromatic N) is 1. The second-order valence-corrected chi connectivity index (χ2v) is 14.1. The van der Waals surface area contributed by atoms with Gasteiger partial charge < -0.3 is 9.32 Å². The summed E-state index contributed by atoms with van der Waals surface area (Å²) in [6.07, 6.45) is 0. The molecular weight excluding hydrogens is 655 g/mol. The predicted molar refractivity (Wildman–Crippen MR) is 229 cm³/mol. The van der Waals surface area contributed by atoms with Gasteiger partial charge >= 0.3 is 0 Å². The number of fused-ring (bicyclic) bond motifs is 9. The molecule has 0 radical (unpaired) electrons. The largest absolute Gasteiger partial charge is 0.454 e. The molecule has 0 N–H and O–H groups in total. The molecule has 1 aromatic heterocycles. The highest BCUT2D eigenvalue weighted by Gasteiger charge is 2.21.